The van der Waals surface area contributed by atoms with E-state index in [0.29, 0.717) is 0 Å². The van der Waals surface area contributed by atoms with Gasteiger partial charge in [0.05, 0.1) is 25.2 Å². The van der Waals surface area contributed by atoms with Crippen LogP contribution >= 0.6 is 0 Å². The minimum absolute atomic E-state index is 0.0215. The first-order valence-electron chi connectivity index (χ1n) is 5.86. The van der Waals surface area contributed by atoms with Crippen molar-refractivity contribution in [3.63, 3.8) is 0 Å². The molecule has 0 heterocycles. The first kappa shape index (κ1) is 18.5. The lowest BCUT2D eigenvalue weighted by atomic mass is 10.0. The van der Waals surface area contributed by atoms with Gasteiger partial charge in [-0.3, -0.25) is 4.79 Å². The van der Waals surface area contributed by atoms with E-state index in [1.807, 2.05) is 0 Å². The van der Waals surface area contributed by atoms with E-state index in [1.165, 1.54) is 13.8 Å². The molecule has 1 amide bonds. The lowest BCUT2D eigenvalue weighted by molar-refractivity contribution is -0.234. The van der Waals surface area contributed by atoms with E-state index < -0.39 is 24.2 Å². The van der Waals surface area contributed by atoms with Gasteiger partial charge in [0.2, 0.25) is 0 Å². The lowest BCUT2D eigenvalue weighted by Crippen LogP contribution is -2.35. The SMILES string of the molecule is CC(C)(CC(O)(F)F)OCCOC(=O)NCCOC=O. The molecule has 0 spiro atoms. The topological polar surface area (TPSA) is 94.1 Å². The highest BCUT2D eigenvalue weighted by Crippen LogP contribution is 2.25. The minimum Gasteiger partial charge on any atom is -0.466 e. The van der Waals surface area contributed by atoms with Gasteiger partial charge >= 0.3 is 12.2 Å². The molecule has 20 heavy (non-hydrogen) atoms. The monoisotopic (exact) mass is 299 g/mol. The molecule has 0 aromatic carbocycles. The van der Waals surface area contributed by atoms with Crippen molar-refractivity contribution in [2.45, 2.75) is 32.0 Å². The Morgan fingerprint density at radius 3 is 2.50 bits per heavy atom. The fourth-order valence-electron chi connectivity index (χ4n) is 1.33. The van der Waals surface area contributed by atoms with Gasteiger partial charge < -0.3 is 24.6 Å². The second kappa shape index (κ2) is 8.64. The molecule has 0 atom stereocenters. The van der Waals surface area contributed by atoms with Gasteiger partial charge in [-0.05, 0) is 13.8 Å². The molecule has 0 aromatic heterocycles. The second-order valence-corrected chi connectivity index (χ2v) is 4.48. The number of ether oxygens (including phenoxy) is 3. The van der Waals surface area contributed by atoms with Gasteiger partial charge in [0.15, 0.2) is 0 Å². The Hall–Kier alpha value is -1.48. The van der Waals surface area contributed by atoms with Crippen LogP contribution in [0.25, 0.3) is 0 Å². The molecule has 118 valence electrons. The van der Waals surface area contributed by atoms with E-state index in [9.17, 15) is 18.4 Å². The smallest absolute Gasteiger partial charge is 0.407 e. The molecule has 9 heteroatoms. The second-order valence-electron chi connectivity index (χ2n) is 4.48. The van der Waals surface area contributed by atoms with E-state index in [0.717, 1.165) is 0 Å². The number of alkyl carbamates (subject to hydrolysis) is 1. The van der Waals surface area contributed by atoms with Crippen molar-refractivity contribution < 1.29 is 37.7 Å². The van der Waals surface area contributed by atoms with Gasteiger partial charge in [-0.25, -0.2) is 4.79 Å². The molecular formula is C11H19F2NO6. The molecule has 0 fully saturated rings. The van der Waals surface area contributed by atoms with Crippen molar-refractivity contribution in [2.75, 3.05) is 26.4 Å². The minimum atomic E-state index is -3.82. The van der Waals surface area contributed by atoms with E-state index in [1.54, 1.807) is 0 Å². The molecule has 0 saturated heterocycles. The van der Waals surface area contributed by atoms with Crippen molar-refractivity contribution in [1.82, 2.24) is 5.32 Å². The number of carbonyl (C=O) groups is 2. The Balaban J connectivity index is 3.69. The van der Waals surface area contributed by atoms with Crippen molar-refractivity contribution >= 4 is 12.6 Å². The third-order valence-corrected chi connectivity index (χ3v) is 2.00. The number of halogens is 2. The van der Waals surface area contributed by atoms with Crippen LogP contribution in [-0.4, -0.2) is 55.7 Å². The quantitative estimate of drug-likeness (QED) is 0.454. The Morgan fingerprint density at radius 2 is 1.95 bits per heavy atom. The van der Waals surface area contributed by atoms with Crippen LogP contribution in [0.1, 0.15) is 20.3 Å². The molecule has 2 N–H and O–H groups in total. The summed E-state index contributed by atoms with van der Waals surface area (Å²) in [5.41, 5.74) is -1.25. The third kappa shape index (κ3) is 11.6. The van der Waals surface area contributed by atoms with Gasteiger partial charge in [0.25, 0.3) is 6.47 Å². The van der Waals surface area contributed by atoms with Gasteiger partial charge in [-0.15, -0.1) is 0 Å². The molecule has 0 aromatic rings. The maximum Gasteiger partial charge on any atom is 0.407 e. The summed E-state index contributed by atoms with van der Waals surface area (Å²) in [4.78, 5) is 20.9. The number of rotatable bonds is 10. The van der Waals surface area contributed by atoms with Crippen LogP contribution in [0.4, 0.5) is 13.6 Å². The third-order valence-electron chi connectivity index (χ3n) is 2.00. The number of alkyl halides is 2. The largest absolute Gasteiger partial charge is 0.466 e. The van der Waals surface area contributed by atoms with Crippen LogP contribution in [-0.2, 0) is 19.0 Å². The number of hydrogen-bond acceptors (Lipinski definition) is 6. The van der Waals surface area contributed by atoms with E-state index >= 15 is 0 Å². The molecule has 0 aliphatic rings. The maximum atomic E-state index is 12.4. The first-order chi connectivity index (χ1) is 9.16. The van der Waals surface area contributed by atoms with E-state index in [4.69, 9.17) is 9.84 Å². The highest BCUT2D eigenvalue weighted by atomic mass is 19.3. The molecule has 0 rings (SSSR count). The Morgan fingerprint density at radius 1 is 1.30 bits per heavy atom. The average Bonchev–Trinajstić information content (AvgIpc) is 2.27. The number of nitrogens with one attached hydrogen (secondary N) is 1. The number of aliphatic hydroxyl groups is 1. The summed E-state index contributed by atoms with van der Waals surface area (Å²) in [7, 11) is 0. The highest BCUT2D eigenvalue weighted by molar-refractivity contribution is 5.67. The van der Waals surface area contributed by atoms with Crippen molar-refractivity contribution in [2.24, 2.45) is 0 Å². The maximum absolute atomic E-state index is 12.4. The molecule has 0 unspecified atom stereocenters. The first-order valence-corrected chi connectivity index (χ1v) is 5.86. The predicted octanol–water partition coefficient (Wildman–Crippen LogP) is 0.656. The molecule has 7 nitrogen and oxygen atoms in total. The van der Waals surface area contributed by atoms with Crippen molar-refractivity contribution in [1.29, 1.82) is 0 Å². The number of carbonyl (C=O) groups excluding carboxylic acids is 2. The lowest BCUT2D eigenvalue weighted by Gasteiger charge is -2.27. The molecule has 0 aliphatic carbocycles. The molecule has 0 saturated carbocycles. The summed E-state index contributed by atoms with van der Waals surface area (Å²) < 4.78 is 38.9. The zero-order chi connectivity index (χ0) is 15.6. The molecule has 0 radical (unpaired) electrons. The highest BCUT2D eigenvalue weighted by Gasteiger charge is 2.35. The van der Waals surface area contributed by atoms with Gasteiger partial charge in [-0.1, -0.05) is 0 Å². The van der Waals surface area contributed by atoms with Crippen LogP contribution in [0.3, 0.4) is 0 Å². The Kier molecular flexibility index (Phi) is 8.00. The Bertz CT molecular complexity index is 306. The number of hydrogen-bond donors (Lipinski definition) is 2. The summed E-state index contributed by atoms with van der Waals surface area (Å²) in [6.07, 6.45) is -5.43. The molecule has 0 aliphatic heterocycles. The van der Waals surface area contributed by atoms with Gasteiger partial charge in [-0.2, -0.15) is 8.78 Å². The summed E-state index contributed by atoms with van der Waals surface area (Å²) in [6, 6.07) is 0. The van der Waals surface area contributed by atoms with Crippen LogP contribution in [0, 0.1) is 0 Å². The zero-order valence-corrected chi connectivity index (χ0v) is 11.4. The summed E-state index contributed by atoms with van der Waals surface area (Å²) in [5.74, 6) is 0. The molecular weight excluding hydrogens is 280 g/mol. The summed E-state index contributed by atoms with van der Waals surface area (Å²) >= 11 is 0. The fourth-order valence-corrected chi connectivity index (χ4v) is 1.33. The van der Waals surface area contributed by atoms with Crippen LogP contribution in [0.15, 0.2) is 0 Å². The van der Waals surface area contributed by atoms with Crippen LogP contribution in [0.2, 0.25) is 0 Å². The van der Waals surface area contributed by atoms with Crippen LogP contribution in [0.5, 0.6) is 0 Å². The van der Waals surface area contributed by atoms with Gasteiger partial charge in [0, 0.05) is 0 Å². The van der Waals surface area contributed by atoms with Gasteiger partial charge in [0.1, 0.15) is 13.2 Å². The zero-order valence-electron chi connectivity index (χ0n) is 11.4. The summed E-state index contributed by atoms with van der Waals surface area (Å²) in [5, 5.41) is 10.7. The fraction of sp³-hybridized carbons (Fsp3) is 0.818. The molecule has 0 bridgehead atoms. The average molecular weight is 299 g/mol. The van der Waals surface area contributed by atoms with Crippen molar-refractivity contribution in [3.8, 4) is 0 Å². The van der Waals surface area contributed by atoms with E-state index in [-0.39, 0.29) is 32.8 Å². The predicted molar refractivity (Wildman–Crippen MR) is 63.2 cm³/mol. The Labute approximate surface area is 115 Å². The normalized spacial score (nSPS) is 11.8. The van der Waals surface area contributed by atoms with E-state index in [2.05, 4.69) is 14.8 Å². The summed E-state index contributed by atoms with van der Waals surface area (Å²) in [6.45, 7) is 2.90. The van der Waals surface area contributed by atoms with Crippen molar-refractivity contribution in [3.05, 3.63) is 0 Å². The van der Waals surface area contributed by atoms with Crippen LogP contribution < -0.4 is 5.32 Å². The number of amides is 1. The standard InChI is InChI=1S/C11H19F2NO6/c1-10(2,7-11(12,13)17)20-6-5-19-9(16)14-3-4-18-8-15/h8,17H,3-7H2,1-2H3,(H,14,16).